The van der Waals surface area contributed by atoms with E-state index >= 15 is 0 Å². The van der Waals surface area contributed by atoms with Crippen LogP contribution in [0, 0.1) is 23.7 Å². The van der Waals surface area contributed by atoms with Gasteiger partial charge < -0.3 is 5.32 Å². The molecule has 0 atom stereocenters. The molecule has 1 N–H and O–H groups in total. The van der Waals surface area contributed by atoms with E-state index in [1.54, 1.807) is 12.1 Å². The number of carbonyl (C=O) groups is 1. The van der Waals surface area contributed by atoms with Gasteiger partial charge in [-0.25, -0.2) is 12.7 Å². The summed E-state index contributed by atoms with van der Waals surface area (Å²) in [4.78, 5) is 12.9. The van der Waals surface area contributed by atoms with Crippen LogP contribution in [0.3, 0.4) is 0 Å². The predicted octanol–water partition coefficient (Wildman–Crippen LogP) is 2.49. The van der Waals surface area contributed by atoms with Gasteiger partial charge in [0.25, 0.3) is 5.91 Å². The molecule has 4 aliphatic rings. The number of benzene rings is 1. The van der Waals surface area contributed by atoms with Gasteiger partial charge in [0.2, 0.25) is 10.0 Å². The summed E-state index contributed by atoms with van der Waals surface area (Å²) in [6.45, 7) is 0. The fraction of sp³-hybridized carbons (Fsp3) is 0.632. The Bertz CT molecular complexity index is 742. The van der Waals surface area contributed by atoms with Crippen molar-refractivity contribution in [3.63, 3.8) is 0 Å². The SMILES string of the molecule is CN(C)S(=O)(=O)c1ccc(C(=O)NC2C3CC4CC(C3)CC2C4)cc1. The molecule has 4 saturated carbocycles. The highest BCUT2D eigenvalue weighted by atomic mass is 32.2. The predicted molar refractivity (Wildman–Crippen MR) is 95.6 cm³/mol. The molecule has 0 heterocycles. The van der Waals surface area contributed by atoms with Crippen LogP contribution in [0.25, 0.3) is 0 Å². The van der Waals surface area contributed by atoms with Crippen molar-refractivity contribution in [2.24, 2.45) is 23.7 Å². The van der Waals surface area contributed by atoms with Gasteiger partial charge in [0.1, 0.15) is 0 Å². The highest BCUT2D eigenvalue weighted by Crippen LogP contribution is 2.53. The standard InChI is InChI=1S/C19H26N2O3S/c1-21(2)25(23,24)17-5-3-14(4-6-17)19(22)20-18-15-8-12-7-13(10-15)11-16(18)9-12/h3-6,12-13,15-16,18H,7-11H2,1-2H3,(H,20,22). The average molecular weight is 362 g/mol. The van der Waals surface area contributed by atoms with Gasteiger partial charge in [-0.3, -0.25) is 4.79 Å². The maximum atomic E-state index is 12.7. The summed E-state index contributed by atoms with van der Waals surface area (Å²) in [6, 6.07) is 6.55. The van der Waals surface area contributed by atoms with Gasteiger partial charge in [-0.2, -0.15) is 0 Å². The van der Waals surface area contributed by atoms with Gasteiger partial charge in [0.05, 0.1) is 4.90 Å². The van der Waals surface area contributed by atoms with Crippen LogP contribution in [-0.4, -0.2) is 38.8 Å². The van der Waals surface area contributed by atoms with E-state index in [4.69, 9.17) is 0 Å². The second-order valence-corrected chi connectivity index (χ2v) is 10.4. The summed E-state index contributed by atoms with van der Waals surface area (Å²) >= 11 is 0. The van der Waals surface area contributed by atoms with Crippen molar-refractivity contribution in [2.45, 2.75) is 43.0 Å². The second-order valence-electron chi connectivity index (χ2n) is 8.24. The molecule has 1 aromatic rings. The van der Waals surface area contributed by atoms with Gasteiger partial charge in [-0.1, -0.05) is 0 Å². The Morgan fingerprint density at radius 2 is 1.48 bits per heavy atom. The molecule has 1 amide bonds. The lowest BCUT2D eigenvalue weighted by atomic mass is 9.54. The molecule has 4 aliphatic carbocycles. The van der Waals surface area contributed by atoms with E-state index in [1.807, 2.05) is 0 Å². The summed E-state index contributed by atoms with van der Waals surface area (Å²) in [7, 11) is -0.454. The third-order valence-electron chi connectivity index (χ3n) is 6.42. The van der Waals surface area contributed by atoms with Crippen molar-refractivity contribution in [3.8, 4) is 0 Å². The Balaban J connectivity index is 1.47. The topological polar surface area (TPSA) is 66.5 Å². The van der Waals surface area contributed by atoms with Crippen molar-refractivity contribution in [1.29, 1.82) is 0 Å². The minimum Gasteiger partial charge on any atom is -0.349 e. The fourth-order valence-electron chi connectivity index (χ4n) is 5.38. The molecule has 0 aliphatic heterocycles. The highest BCUT2D eigenvalue weighted by molar-refractivity contribution is 7.89. The molecule has 136 valence electrons. The third kappa shape index (κ3) is 2.99. The van der Waals surface area contributed by atoms with Crippen molar-refractivity contribution < 1.29 is 13.2 Å². The van der Waals surface area contributed by atoms with Crippen molar-refractivity contribution in [1.82, 2.24) is 9.62 Å². The van der Waals surface area contributed by atoms with Crippen LogP contribution in [0.4, 0.5) is 0 Å². The molecule has 0 aromatic heterocycles. The van der Waals surface area contributed by atoms with E-state index in [2.05, 4.69) is 5.32 Å². The maximum absolute atomic E-state index is 12.7. The summed E-state index contributed by atoms with van der Waals surface area (Å²) < 4.78 is 25.4. The number of sulfonamides is 1. The van der Waals surface area contributed by atoms with Crippen molar-refractivity contribution in [3.05, 3.63) is 29.8 Å². The van der Waals surface area contributed by atoms with Gasteiger partial charge >= 0.3 is 0 Å². The zero-order chi connectivity index (χ0) is 17.8. The Kier molecular flexibility index (Phi) is 4.15. The van der Waals surface area contributed by atoms with Crippen LogP contribution < -0.4 is 5.32 Å². The minimum absolute atomic E-state index is 0.0775. The molecule has 5 nitrogen and oxygen atoms in total. The Morgan fingerprint density at radius 1 is 0.960 bits per heavy atom. The first kappa shape index (κ1) is 17.0. The van der Waals surface area contributed by atoms with Crippen LogP contribution in [0.2, 0.25) is 0 Å². The smallest absolute Gasteiger partial charge is 0.251 e. The molecule has 0 radical (unpaired) electrons. The third-order valence-corrected chi connectivity index (χ3v) is 8.25. The van der Waals surface area contributed by atoms with E-state index in [9.17, 15) is 13.2 Å². The molecule has 25 heavy (non-hydrogen) atoms. The first-order chi connectivity index (χ1) is 11.8. The van der Waals surface area contributed by atoms with E-state index in [0.717, 1.165) is 11.8 Å². The quantitative estimate of drug-likeness (QED) is 0.895. The van der Waals surface area contributed by atoms with Crippen LogP contribution in [-0.2, 0) is 10.0 Å². The van der Waals surface area contributed by atoms with Gasteiger partial charge in [-0.15, -0.1) is 0 Å². The van der Waals surface area contributed by atoms with Crippen LogP contribution in [0.15, 0.2) is 29.2 Å². The molecule has 4 fully saturated rings. The molecular formula is C19H26N2O3S. The van der Waals surface area contributed by atoms with E-state index in [1.165, 1.54) is 62.6 Å². The number of rotatable bonds is 4. The maximum Gasteiger partial charge on any atom is 0.251 e. The molecule has 6 heteroatoms. The zero-order valence-electron chi connectivity index (χ0n) is 14.8. The molecule has 0 unspecified atom stereocenters. The summed E-state index contributed by atoms with van der Waals surface area (Å²) in [5.74, 6) is 2.95. The highest BCUT2D eigenvalue weighted by Gasteiger charge is 2.48. The zero-order valence-corrected chi connectivity index (χ0v) is 15.6. The summed E-state index contributed by atoms with van der Waals surface area (Å²) in [5.41, 5.74) is 0.534. The molecule has 0 spiro atoms. The molecule has 0 saturated heterocycles. The lowest BCUT2D eigenvalue weighted by Gasteiger charge is -2.54. The lowest BCUT2D eigenvalue weighted by molar-refractivity contribution is -0.0119. The number of nitrogens with zero attached hydrogens (tertiary/aromatic N) is 1. The van der Waals surface area contributed by atoms with E-state index < -0.39 is 10.0 Å². The van der Waals surface area contributed by atoms with Crippen LogP contribution in [0.1, 0.15) is 42.5 Å². The number of hydrogen-bond acceptors (Lipinski definition) is 3. The molecule has 4 bridgehead atoms. The first-order valence-electron chi connectivity index (χ1n) is 9.18. The lowest BCUT2D eigenvalue weighted by Crippen LogP contribution is -2.55. The van der Waals surface area contributed by atoms with E-state index in [0.29, 0.717) is 23.4 Å². The number of hydrogen-bond donors (Lipinski definition) is 1. The number of nitrogens with one attached hydrogen (secondary N) is 1. The Labute approximate surface area is 149 Å². The summed E-state index contributed by atoms with van der Waals surface area (Å²) in [6.07, 6.45) is 6.45. The minimum atomic E-state index is -3.46. The van der Waals surface area contributed by atoms with Gasteiger partial charge in [0, 0.05) is 25.7 Å². The average Bonchev–Trinajstić information content (AvgIpc) is 2.57. The van der Waals surface area contributed by atoms with Crippen LogP contribution in [0.5, 0.6) is 0 Å². The molecule has 5 rings (SSSR count). The second kappa shape index (κ2) is 6.09. The van der Waals surface area contributed by atoms with Crippen molar-refractivity contribution in [2.75, 3.05) is 14.1 Å². The van der Waals surface area contributed by atoms with E-state index in [-0.39, 0.29) is 10.8 Å². The Hall–Kier alpha value is -1.40. The Morgan fingerprint density at radius 3 is 1.96 bits per heavy atom. The van der Waals surface area contributed by atoms with Crippen LogP contribution >= 0.6 is 0 Å². The molecular weight excluding hydrogens is 336 g/mol. The number of amides is 1. The van der Waals surface area contributed by atoms with Gasteiger partial charge in [-0.05, 0) is 80.0 Å². The monoisotopic (exact) mass is 362 g/mol. The molecule has 1 aromatic carbocycles. The fourth-order valence-corrected chi connectivity index (χ4v) is 6.29. The summed E-state index contributed by atoms with van der Waals surface area (Å²) in [5, 5.41) is 3.26. The normalized spacial score (nSPS) is 33.6. The van der Waals surface area contributed by atoms with Crippen molar-refractivity contribution >= 4 is 15.9 Å². The number of carbonyl (C=O) groups excluding carboxylic acids is 1. The van der Waals surface area contributed by atoms with Gasteiger partial charge in [0.15, 0.2) is 0 Å². The largest absolute Gasteiger partial charge is 0.349 e. The first-order valence-corrected chi connectivity index (χ1v) is 10.6.